The molecule has 1 aromatic heterocycles. The van der Waals surface area contributed by atoms with Crippen molar-refractivity contribution in [3.8, 4) is 0 Å². The van der Waals surface area contributed by atoms with Gasteiger partial charge in [0.2, 0.25) is 0 Å². The molecule has 0 saturated carbocycles. The van der Waals surface area contributed by atoms with Crippen molar-refractivity contribution in [2.45, 2.75) is 32.2 Å². The second-order valence-corrected chi connectivity index (χ2v) is 5.35. The molecule has 4 heteroatoms. The molecule has 106 valence electrons. The van der Waals surface area contributed by atoms with E-state index in [4.69, 9.17) is 4.74 Å². The summed E-state index contributed by atoms with van der Waals surface area (Å²) in [7, 11) is 0. The van der Waals surface area contributed by atoms with E-state index in [1.807, 2.05) is 18.2 Å². The van der Waals surface area contributed by atoms with E-state index in [1.54, 1.807) is 6.33 Å². The van der Waals surface area contributed by atoms with Gasteiger partial charge in [0, 0.05) is 24.6 Å². The molecule has 1 aliphatic heterocycles. The number of hydrogen-bond acceptors (Lipinski definition) is 4. The Kier molecular flexibility index (Phi) is 4.11. The van der Waals surface area contributed by atoms with Gasteiger partial charge in [0.05, 0.1) is 5.52 Å². The van der Waals surface area contributed by atoms with Crippen molar-refractivity contribution in [3.63, 3.8) is 0 Å². The first-order valence-corrected chi connectivity index (χ1v) is 7.42. The minimum absolute atomic E-state index is 0.456. The van der Waals surface area contributed by atoms with Crippen molar-refractivity contribution in [1.29, 1.82) is 0 Å². The lowest BCUT2D eigenvalue weighted by molar-refractivity contribution is 0.0602. The lowest BCUT2D eigenvalue weighted by atomic mass is 9.90. The molecule has 1 aromatic carbocycles. The normalized spacial score (nSPS) is 18.1. The van der Waals surface area contributed by atoms with Crippen LogP contribution in [0.5, 0.6) is 0 Å². The van der Waals surface area contributed by atoms with Crippen molar-refractivity contribution >= 4 is 16.7 Å². The quantitative estimate of drug-likeness (QED) is 0.927. The van der Waals surface area contributed by atoms with Crippen LogP contribution in [0.15, 0.2) is 30.6 Å². The van der Waals surface area contributed by atoms with Crippen LogP contribution in [0, 0.1) is 5.92 Å². The van der Waals surface area contributed by atoms with Gasteiger partial charge >= 0.3 is 0 Å². The Morgan fingerprint density at radius 1 is 1.25 bits per heavy atom. The topological polar surface area (TPSA) is 47.0 Å². The molecule has 1 unspecified atom stereocenters. The lowest BCUT2D eigenvalue weighted by Crippen LogP contribution is -2.33. The number of para-hydroxylation sites is 1. The molecule has 0 bridgehead atoms. The van der Waals surface area contributed by atoms with Gasteiger partial charge in [-0.15, -0.1) is 0 Å². The van der Waals surface area contributed by atoms with E-state index in [0.717, 1.165) is 49.2 Å². The zero-order chi connectivity index (χ0) is 13.8. The number of rotatable bonds is 4. The Balaban J connectivity index is 1.83. The van der Waals surface area contributed by atoms with E-state index in [-0.39, 0.29) is 0 Å². The Morgan fingerprint density at radius 3 is 2.85 bits per heavy atom. The van der Waals surface area contributed by atoms with Crippen molar-refractivity contribution in [2.24, 2.45) is 5.92 Å². The molecular formula is C16H21N3O. The zero-order valence-electron chi connectivity index (χ0n) is 11.9. The van der Waals surface area contributed by atoms with Gasteiger partial charge in [-0.2, -0.15) is 0 Å². The standard InChI is InChI=1S/C16H21N3O/c1-2-14(12-7-9-20-10-8-12)19-16-13-5-3-4-6-15(13)17-11-18-16/h3-6,11-12,14H,2,7-10H2,1H3,(H,17,18,19). The molecule has 20 heavy (non-hydrogen) atoms. The van der Waals surface area contributed by atoms with Crippen LogP contribution in [-0.4, -0.2) is 29.2 Å². The van der Waals surface area contributed by atoms with E-state index in [2.05, 4.69) is 28.3 Å². The minimum Gasteiger partial charge on any atom is -0.381 e. The Hall–Kier alpha value is -1.68. The third-order valence-electron chi connectivity index (χ3n) is 4.14. The first-order chi connectivity index (χ1) is 9.88. The van der Waals surface area contributed by atoms with Crippen LogP contribution in [0.4, 0.5) is 5.82 Å². The van der Waals surface area contributed by atoms with E-state index >= 15 is 0 Å². The molecule has 0 radical (unpaired) electrons. The van der Waals surface area contributed by atoms with Crippen LogP contribution in [0.1, 0.15) is 26.2 Å². The van der Waals surface area contributed by atoms with E-state index in [1.165, 1.54) is 0 Å². The average molecular weight is 271 g/mol. The molecule has 4 nitrogen and oxygen atoms in total. The molecule has 1 fully saturated rings. The summed E-state index contributed by atoms with van der Waals surface area (Å²) in [5.74, 6) is 1.62. The van der Waals surface area contributed by atoms with Crippen molar-refractivity contribution in [1.82, 2.24) is 9.97 Å². The molecule has 3 rings (SSSR count). The number of anilines is 1. The molecule has 1 saturated heterocycles. The van der Waals surface area contributed by atoms with Gasteiger partial charge in [-0.05, 0) is 37.3 Å². The highest BCUT2D eigenvalue weighted by molar-refractivity contribution is 5.88. The average Bonchev–Trinajstić information content (AvgIpc) is 2.53. The SMILES string of the molecule is CCC(Nc1ncnc2ccccc12)C1CCOCC1. The van der Waals surface area contributed by atoms with Crippen LogP contribution >= 0.6 is 0 Å². The second-order valence-electron chi connectivity index (χ2n) is 5.35. The smallest absolute Gasteiger partial charge is 0.137 e. The molecule has 1 atom stereocenters. The Bertz CT molecular complexity index is 561. The van der Waals surface area contributed by atoms with Gasteiger partial charge in [0.25, 0.3) is 0 Å². The van der Waals surface area contributed by atoms with Crippen molar-refractivity contribution in [3.05, 3.63) is 30.6 Å². The highest BCUT2D eigenvalue weighted by atomic mass is 16.5. The fourth-order valence-corrected chi connectivity index (χ4v) is 2.97. The molecule has 0 spiro atoms. The monoisotopic (exact) mass is 271 g/mol. The number of ether oxygens (including phenoxy) is 1. The highest BCUT2D eigenvalue weighted by Gasteiger charge is 2.23. The number of hydrogen-bond donors (Lipinski definition) is 1. The Morgan fingerprint density at radius 2 is 2.05 bits per heavy atom. The van der Waals surface area contributed by atoms with Gasteiger partial charge < -0.3 is 10.1 Å². The third-order valence-corrected chi connectivity index (χ3v) is 4.14. The summed E-state index contributed by atoms with van der Waals surface area (Å²) in [5, 5.41) is 4.73. The van der Waals surface area contributed by atoms with Crippen LogP contribution in [-0.2, 0) is 4.74 Å². The number of benzene rings is 1. The largest absolute Gasteiger partial charge is 0.381 e. The zero-order valence-corrected chi connectivity index (χ0v) is 11.9. The Labute approximate surface area is 119 Å². The minimum atomic E-state index is 0.456. The fourth-order valence-electron chi connectivity index (χ4n) is 2.97. The number of nitrogens with zero attached hydrogens (tertiary/aromatic N) is 2. The number of aromatic nitrogens is 2. The molecule has 0 aliphatic carbocycles. The lowest BCUT2D eigenvalue weighted by Gasteiger charge is -2.30. The maximum Gasteiger partial charge on any atom is 0.137 e. The molecule has 0 amide bonds. The van der Waals surface area contributed by atoms with Crippen LogP contribution < -0.4 is 5.32 Å². The first-order valence-electron chi connectivity index (χ1n) is 7.42. The summed E-state index contributed by atoms with van der Waals surface area (Å²) >= 11 is 0. The van der Waals surface area contributed by atoms with Gasteiger partial charge in [0.15, 0.2) is 0 Å². The summed E-state index contributed by atoms with van der Waals surface area (Å²) in [5.41, 5.74) is 0.992. The predicted octanol–water partition coefficient (Wildman–Crippen LogP) is 3.25. The third kappa shape index (κ3) is 2.75. The highest BCUT2D eigenvalue weighted by Crippen LogP contribution is 2.26. The molecule has 2 aromatic rings. The van der Waals surface area contributed by atoms with Gasteiger partial charge in [0.1, 0.15) is 12.1 Å². The van der Waals surface area contributed by atoms with Crippen LogP contribution in [0.2, 0.25) is 0 Å². The molecule has 1 N–H and O–H groups in total. The summed E-state index contributed by atoms with van der Waals surface area (Å²) in [6, 6.07) is 8.60. The summed E-state index contributed by atoms with van der Waals surface area (Å²) < 4.78 is 5.46. The van der Waals surface area contributed by atoms with Gasteiger partial charge in [-0.1, -0.05) is 19.1 Å². The summed E-state index contributed by atoms with van der Waals surface area (Å²) in [6.45, 7) is 4.00. The van der Waals surface area contributed by atoms with Gasteiger partial charge in [-0.25, -0.2) is 9.97 Å². The van der Waals surface area contributed by atoms with E-state index < -0.39 is 0 Å². The van der Waals surface area contributed by atoms with Crippen LogP contribution in [0.25, 0.3) is 10.9 Å². The maximum absolute atomic E-state index is 5.46. The molecule has 2 heterocycles. The molecular weight excluding hydrogens is 250 g/mol. The molecule has 1 aliphatic rings. The summed E-state index contributed by atoms with van der Waals surface area (Å²) in [6.07, 6.45) is 5.01. The maximum atomic E-state index is 5.46. The van der Waals surface area contributed by atoms with Crippen molar-refractivity contribution in [2.75, 3.05) is 18.5 Å². The fraction of sp³-hybridized carbons (Fsp3) is 0.500. The predicted molar refractivity (Wildman–Crippen MR) is 80.8 cm³/mol. The first kappa shape index (κ1) is 13.3. The van der Waals surface area contributed by atoms with Gasteiger partial charge in [-0.3, -0.25) is 0 Å². The number of fused-ring (bicyclic) bond motifs is 1. The second kappa shape index (κ2) is 6.18. The van der Waals surface area contributed by atoms with Crippen molar-refractivity contribution < 1.29 is 4.74 Å². The van der Waals surface area contributed by atoms with E-state index in [0.29, 0.717) is 12.0 Å². The number of nitrogens with one attached hydrogen (secondary N) is 1. The van der Waals surface area contributed by atoms with E-state index in [9.17, 15) is 0 Å². The van der Waals surface area contributed by atoms with Crippen LogP contribution in [0.3, 0.4) is 0 Å². The summed E-state index contributed by atoms with van der Waals surface area (Å²) in [4.78, 5) is 8.75.